The lowest BCUT2D eigenvalue weighted by atomic mass is 9.97. The van der Waals surface area contributed by atoms with Crippen LogP contribution in [0.5, 0.6) is 0 Å². The molecule has 0 aromatic heterocycles. The van der Waals surface area contributed by atoms with Crippen molar-refractivity contribution in [1.82, 2.24) is 10.2 Å². The van der Waals surface area contributed by atoms with E-state index in [1.165, 1.54) is 51.7 Å². The van der Waals surface area contributed by atoms with Gasteiger partial charge in [0.2, 0.25) is 0 Å². The van der Waals surface area contributed by atoms with Crippen molar-refractivity contribution in [2.45, 2.75) is 58.0 Å². The summed E-state index contributed by atoms with van der Waals surface area (Å²) in [5, 5.41) is 3.83. The fraction of sp³-hybridized carbons (Fsp3) is 1.00. The Morgan fingerprint density at radius 3 is 2.81 bits per heavy atom. The third-order valence-electron chi connectivity index (χ3n) is 5.19. The fourth-order valence-corrected chi connectivity index (χ4v) is 3.64. The van der Waals surface area contributed by atoms with Gasteiger partial charge in [-0.25, -0.2) is 0 Å². The number of nitrogens with one attached hydrogen (secondary N) is 1. The molecule has 0 spiro atoms. The van der Waals surface area contributed by atoms with Gasteiger partial charge in [0.25, 0.3) is 0 Å². The van der Waals surface area contributed by atoms with E-state index in [1.807, 2.05) is 0 Å². The van der Waals surface area contributed by atoms with Crippen LogP contribution in [0.25, 0.3) is 0 Å². The maximum atomic E-state index is 3.83. The summed E-state index contributed by atoms with van der Waals surface area (Å²) in [5.41, 5.74) is 0.640. The first-order chi connectivity index (χ1) is 7.65. The van der Waals surface area contributed by atoms with Crippen molar-refractivity contribution in [1.29, 1.82) is 0 Å². The van der Waals surface area contributed by atoms with Gasteiger partial charge in [0.15, 0.2) is 0 Å². The summed E-state index contributed by atoms with van der Waals surface area (Å²) in [6.45, 7) is 8.78. The molecule has 0 radical (unpaired) electrons. The quantitative estimate of drug-likeness (QED) is 0.788. The molecule has 2 heteroatoms. The van der Waals surface area contributed by atoms with Crippen LogP contribution in [-0.2, 0) is 0 Å². The number of piperidine rings is 1. The largest absolute Gasteiger partial charge is 0.314 e. The molecule has 0 bridgehead atoms. The highest BCUT2D eigenvalue weighted by atomic mass is 15.2. The van der Waals surface area contributed by atoms with Crippen LogP contribution in [0.4, 0.5) is 0 Å². The average molecular weight is 222 g/mol. The molecule has 3 unspecified atom stereocenters. The summed E-state index contributed by atoms with van der Waals surface area (Å²) in [4.78, 5) is 2.71. The first-order valence-corrected chi connectivity index (χ1v) is 7.12. The van der Waals surface area contributed by atoms with E-state index in [2.05, 4.69) is 24.1 Å². The summed E-state index contributed by atoms with van der Waals surface area (Å²) in [5.74, 6) is 0.953. The zero-order valence-corrected chi connectivity index (χ0v) is 10.8. The molecule has 1 aliphatic carbocycles. The number of rotatable bonds is 3. The van der Waals surface area contributed by atoms with Crippen LogP contribution in [0.15, 0.2) is 0 Å². The predicted molar refractivity (Wildman–Crippen MR) is 67.5 cm³/mol. The minimum Gasteiger partial charge on any atom is -0.314 e. The molecule has 1 saturated carbocycles. The Balaban J connectivity index is 1.43. The summed E-state index contributed by atoms with van der Waals surface area (Å²) in [6.07, 6.45) is 7.11. The zero-order valence-electron chi connectivity index (χ0n) is 10.8. The van der Waals surface area contributed by atoms with E-state index in [0.29, 0.717) is 5.41 Å². The van der Waals surface area contributed by atoms with Crippen LogP contribution in [0.2, 0.25) is 0 Å². The molecule has 92 valence electrons. The zero-order chi connectivity index (χ0) is 11.2. The van der Waals surface area contributed by atoms with Crippen LogP contribution >= 0.6 is 0 Å². The summed E-state index contributed by atoms with van der Waals surface area (Å²) < 4.78 is 0. The molecule has 1 N–H and O–H groups in total. The van der Waals surface area contributed by atoms with Crippen molar-refractivity contribution in [2.24, 2.45) is 11.3 Å². The molecular formula is C14H26N2. The smallest absolute Gasteiger partial charge is 0.0111 e. The molecule has 2 aliphatic heterocycles. The van der Waals surface area contributed by atoms with Gasteiger partial charge >= 0.3 is 0 Å². The van der Waals surface area contributed by atoms with E-state index in [9.17, 15) is 0 Å². The van der Waals surface area contributed by atoms with Crippen LogP contribution in [-0.4, -0.2) is 36.6 Å². The molecule has 2 saturated heterocycles. The molecule has 3 aliphatic rings. The SMILES string of the molecule is CC1(C)CC1CNC1CCN2CCCC2C1. The molecule has 3 fully saturated rings. The average Bonchev–Trinajstić information content (AvgIpc) is 2.69. The standard InChI is InChI=1S/C14H26N2/c1-14(2)9-11(14)10-15-12-5-7-16-6-3-4-13(16)8-12/h11-13,15H,3-10H2,1-2H3. The minimum absolute atomic E-state index is 0.640. The van der Waals surface area contributed by atoms with E-state index >= 15 is 0 Å². The highest BCUT2D eigenvalue weighted by molar-refractivity contribution is 4.97. The van der Waals surface area contributed by atoms with E-state index < -0.39 is 0 Å². The van der Waals surface area contributed by atoms with E-state index in [-0.39, 0.29) is 0 Å². The van der Waals surface area contributed by atoms with Gasteiger partial charge in [0, 0.05) is 12.1 Å². The Morgan fingerprint density at radius 1 is 1.25 bits per heavy atom. The number of fused-ring (bicyclic) bond motifs is 1. The summed E-state index contributed by atoms with van der Waals surface area (Å²) >= 11 is 0. The van der Waals surface area contributed by atoms with Crippen LogP contribution < -0.4 is 5.32 Å². The fourth-order valence-electron chi connectivity index (χ4n) is 3.64. The van der Waals surface area contributed by atoms with Crippen molar-refractivity contribution in [3.8, 4) is 0 Å². The lowest BCUT2D eigenvalue weighted by Gasteiger charge is -2.35. The Bertz CT molecular complexity index is 261. The van der Waals surface area contributed by atoms with Gasteiger partial charge in [-0.05, 0) is 63.1 Å². The normalized spacial score (nSPS) is 42.0. The molecule has 16 heavy (non-hydrogen) atoms. The first-order valence-electron chi connectivity index (χ1n) is 7.12. The predicted octanol–water partition coefficient (Wildman–Crippen LogP) is 2.25. The van der Waals surface area contributed by atoms with E-state index in [1.54, 1.807) is 0 Å². The molecule has 2 nitrogen and oxygen atoms in total. The maximum Gasteiger partial charge on any atom is 0.0111 e. The van der Waals surface area contributed by atoms with Crippen molar-refractivity contribution in [2.75, 3.05) is 19.6 Å². The van der Waals surface area contributed by atoms with E-state index in [4.69, 9.17) is 0 Å². The van der Waals surface area contributed by atoms with Gasteiger partial charge in [0.05, 0.1) is 0 Å². The van der Waals surface area contributed by atoms with Crippen LogP contribution in [0.1, 0.15) is 46.0 Å². The van der Waals surface area contributed by atoms with Crippen molar-refractivity contribution < 1.29 is 0 Å². The van der Waals surface area contributed by atoms with Crippen molar-refractivity contribution in [3.63, 3.8) is 0 Å². The Labute approximate surface area is 99.8 Å². The Hall–Kier alpha value is -0.0800. The molecule has 0 aromatic carbocycles. The first kappa shape index (κ1) is 11.0. The Morgan fingerprint density at radius 2 is 2.06 bits per heavy atom. The maximum absolute atomic E-state index is 3.83. The van der Waals surface area contributed by atoms with Gasteiger partial charge in [0.1, 0.15) is 0 Å². The molecule has 0 aromatic rings. The molecule has 2 heterocycles. The second-order valence-electron chi connectivity index (χ2n) is 6.85. The number of hydrogen-bond acceptors (Lipinski definition) is 2. The minimum atomic E-state index is 0.640. The molecule has 0 amide bonds. The van der Waals surface area contributed by atoms with Gasteiger partial charge in [-0.1, -0.05) is 13.8 Å². The van der Waals surface area contributed by atoms with E-state index in [0.717, 1.165) is 18.0 Å². The second-order valence-corrected chi connectivity index (χ2v) is 6.85. The summed E-state index contributed by atoms with van der Waals surface area (Å²) in [7, 11) is 0. The molecular weight excluding hydrogens is 196 g/mol. The molecule has 3 rings (SSSR count). The highest BCUT2D eigenvalue weighted by Gasteiger charge is 2.45. The highest BCUT2D eigenvalue weighted by Crippen LogP contribution is 2.51. The third kappa shape index (κ3) is 2.14. The van der Waals surface area contributed by atoms with Crippen molar-refractivity contribution in [3.05, 3.63) is 0 Å². The number of nitrogens with zero attached hydrogens (tertiary/aromatic N) is 1. The molecule has 3 atom stereocenters. The van der Waals surface area contributed by atoms with Crippen LogP contribution in [0.3, 0.4) is 0 Å². The second kappa shape index (κ2) is 3.99. The summed E-state index contributed by atoms with van der Waals surface area (Å²) in [6, 6.07) is 1.73. The van der Waals surface area contributed by atoms with Crippen LogP contribution in [0, 0.1) is 11.3 Å². The van der Waals surface area contributed by atoms with Crippen molar-refractivity contribution >= 4 is 0 Å². The monoisotopic (exact) mass is 222 g/mol. The topological polar surface area (TPSA) is 15.3 Å². The lowest BCUT2D eigenvalue weighted by molar-refractivity contribution is 0.166. The third-order valence-corrected chi connectivity index (χ3v) is 5.19. The number of hydrogen-bond donors (Lipinski definition) is 1. The lowest BCUT2D eigenvalue weighted by Crippen LogP contribution is -2.46. The van der Waals surface area contributed by atoms with Gasteiger partial charge in [-0.15, -0.1) is 0 Å². The van der Waals surface area contributed by atoms with Gasteiger partial charge in [-0.2, -0.15) is 0 Å². The van der Waals surface area contributed by atoms with Gasteiger partial charge < -0.3 is 10.2 Å². The van der Waals surface area contributed by atoms with Gasteiger partial charge in [-0.3, -0.25) is 0 Å². The Kier molecular flexibility index (Phi) is 2.75.